The number of fused-ring (bicyclic) bond motifs is 6. The van der Waals surface area contributed by atoms with E-state index in [1.165, 1.54) is 12.1 Å². The summed E-state index contributed by atoms with van der Waals surface area (Å²) in [5.41, 5.74) is 11.3. The molecular formula is C60H36F3N5. The van der Waals surface area contributed by atoms with Crippen LogP contribution in [0.1, 0.15) is 11.1 Å². The van der Waals surface area contributed by atoms with Crippen LogP contribution < -0.4 is 0 Å². The van der Waals surface area contributed by atoms with Crippen LogP contribution in [0.15, 0.2) is 219 Å². The second kappa shape index (κ2) is 16.1. The van der Waals surface area contributed by atoms with E-state index in [2.05, 4.69) is 34.9 Å². The van der Waals surface area contributed by atoms with Gasteiger partial charge in [0.15, 0.2) is 0 Å². The summed E-state index contributed by atoms with van der Waals surface area (Å²) >= 11 is 0. The Balaban J connectivity index is 1.08. The number of rotatable bonds is 7. The summed E-state index contributed by atoms with van der Waals surface area (Å²) in [7, 11) is 0. The van der Waals surface area contributed by atoms with Gasteiger partial charge in [0.1, 0.15) is 11.6 Å². The lowest BCUT2D eigenvalue weighted by molar-refractivity contribution is -0.137. The van der Waals surface area contributed by atoms with Gasteiger partial charge in [-0.2, -0.15) is 18.4 Å². The number of hydrogen-bond acceptors (Lipinski definition) is 3. The summed E-state index contributed by atoms with van der Waals surface area (Å²) < 4.78 is 49.2. The van der Waals surface area contributed by atoms with Crippen molar-refractivity contribution in [2.24, 2.45) is 0 Å². The van der Waals surface area contributed by atoms with Gasteiger partial charge in [0.25, 0.3) is 0 Å². The normalized spacial score (nSPS) is 11.7. The van der Waals surface area contributed by atoms with Gasteiger partial charge in [-0.15, -0.1) is 0 Å². The second-order valence-electron chi connectivity index (χ2n) is 16.8. The Morgan fingerprint density at radius 1 is 0.397 bits per heavy atom. The van der Waals surface area contributed by atoms with Gasteiger partial charge in [0.2, 0.25) is 0 Å². The van der Waals surface area contributed by atoms with Gasteiger partial charge in [0.05, 0.1) is 50.4 Å². The maximum Gasteiger partial charge on any atom is 0.417 e. The van der Waals surface area contributed by atoms with E-state index in [9.17, 15) is 5.26 Å². The Kier molecular flexibility index (Phi) is 9.59. The van der Waals surface area contributed by atoms with Gasteiger partial charge in [-0.1, -0.05) is 146 Å². The van der Waals surface area contributed by atoms with Crippen LogP contribution in [0.2, 0.25) is 0 Å². The lowest BCUT2D eigenvalue weighted by Gasteiger charge is -2.22. The first-order valence-corrected chi connectivity index (χ1v) is 22.2. The zero-order valence-corrected chi connectivity index (χ0v) is 36.2. The van der Waals surface area contributed by atoms with Crippen molar-refractivity contribution in [1.29, 1.82) is 5.26 Å². The van der Waals surface area contributed by atoms with Gasteiger partial charge >= 0.3 is 6.18 Å². The summed E-state index contributed by atoms with van der Waals surface area (Å²) in [6.07, 6.45) is -0.923. The Bertz CT molecular complexity index is 3940. The first-order chi connectivity index (χ1) is 33.3. The van der Waals surface area contributed by atoms with Gasteiger partial charge in [-0.05, 0) is 77.4 Å². The Morgan fingerprint density at radius 3 is 1.40 bits per heavy atom. The molecule has 0 atom stereocenters. The number of nitriles is 1. The zero-order chi connectivity index (χ0) is 45.9. The van der Waals surface area contributed by atoms with E-state index in [0.717, 1.165) is 94.4 Å². The fourth-order valence-corrected chi connectivity index (χ4v) is 9.79. The minimum absolute atomic E-state index is 0.0241. The summed E-state index contributed by atoms with van der Waals surface area (Å²) in [5.74, 6) is 0. The van der Waals surface area contributed by atoms with Crippen molar-refractivity contribution < 1.29 is 13.2 Å². The molecule has 12 aromatic rings. The molecule has 8 heteroatoms. The molecule has 0 saturated heterocycles. The third-order valence-corrected chi connectivity index (χ3v) is 12.9. The number of nitrogens with zero attached hydrogens (tertiary/aromatic N) is 5. The minimum Gasteiger partial charge on any atom is -0.308 e. The monoisotopic (exact) mass is 883 g/mol. The molecule has 0 aliphatic heterocycles. The molecule has 4 aromatic heterocycles. The smallest absolute Gasteiger partial charge is 0.308 e. The highest BCUT2D eigenvalue weighted by atomic mass is 19.4. The SMILES string of the molecule is N#Cc1c(-n2c3ccccc3c3cc(-c4ccc(-c5ccccc5)nc4)ccc32)ccc(-c2ccccc2C(F)(F)F)c1-n1c2ccccc2c2cc(-c3ccc(-c4ccccc4)nc3)ccc21. The number of pyridine rings is 2. The zero-order valence-electron chi connectivity index (χ0n) is 36.2. The largest absolute Gasteiger partial charge is 0.417 e. The van der Waals surface area contributed by atoms with Crippen molar-refractivity contribution >= 4 is 43.6 Å². The molecule has 0 unspecified atom stereocenters. The maximum absolute atomic E-state index is 15.0. The number of alkyl halides is 3. The van der Waals surface area contributed by atoms with E-state index in [4.69, 9.17) is 9.97 Å². The molecular weight excluding hydrogens is 848 g/mol. The van der Waals surface area contributed by atoms with E-state index in [0.29, 0.717) is 11.4 Å². The number of aromatic nitrogens is 4. The molecule has 0 spiro atoms. The minimum atomic E-state index is -4.67. The third kappa shape index (κ3) is 6.71. The predicted molar refractivity (Wildman–Crippen MR) is 268 cm³/mol. The fraction of sp³-hybridized carbons (Fsp3) is 0.0167. The Labute approximate surface area is 388 Å². The van der Waals surface area contributed by atoms with Crippen molar-refractivity contribution in [3.05, 3.63) is 230 Å². The van der Waals surface area contributed by atoms with Crippen molar-refractivity contribution in [2.45, 2.75) is 6.18 Å². The standard InChI is InChI=1S/C60H36F3N5/c61-60(62,63)51-20-10-7-17-44(51)47-27-32-58(67-54-21-11-8-18-45(54)48-33-40(25-30-56(48)67)42-23-28-52(65-36-42)38-13-3-1-4-14-38)50(35-64)59(47)68-55-22-12-9-19-46(55)49-34-41(26-31-57(49)68)43-24-29-53(66-37-43)39-15-5-2-6-16-39/h1-34,36-37H. The van der Waals surface area contributed by atoms with E-state index in [1.54, 1.807) is 18.2 Å². The lowest BCUT2D eigenvalue weighted by atomic mass is 9.94. The van der Waals surface area contributed by atoms with Crippen molar-refractivity contribution in [3.8, 4) is 73.3 Å². The van der Waals surface area contributed by atoms with E-state index >= 15 is 13.2 Å². The van der Waals surface area contributed by atoms with Crippen LogP contribution >= 0.6 is 0 Å². The molecule has 0 bridgehead atoms. The van der Waals surface area contributed by atoms with Crippen LogP contribution in [0, 0.1) is 11.3 Å². The molecule has 322 valence electrons. The number of benzene rings is 8. The molecule has 0 fully saturated rings. The van der Waals surface area contributed by atoms with Crippen molar-refractivity contribution in [2.75, 3.05) is 0 Å². The fourth-order valence-electron chi connectivity index (χ4n) is 9.79. The summed E-state index contributed by atoms with van der Waals surface area (Å²) in [5, 5.41) is 15.3. The highest BCUT2D eigenvalue weighted by molar-refractivity contribution is 6.13. The molecule has 8 aromatic carbocycles. The van der Waals surface area contributed by atoms with Gasteiger partial charge in [-0.25, -0.2) is 0 Å². The van der Waals surface area contributed by atoms with Crippen LogP contribution in [0.25, 0.3) is 111 Å². The number of hydrogen-bond donors (Lipinski definition) is 0. The molecule has 5 nitrogen and oxygen atoms in total. The van der Waals surface area contributed by atoms with Crippen LogP contribution in [0.5, 0.6) is 0 Å². The second-order valence-corrected chi connectivity index (χ2v) is 16.8. The molecule has 0 aliphatic rings. The average Bonchev–Trinajstić information content (AvgIpc) is 3.90. The molecule has 0 radical (unpaired) electrons. The number of halogens is 3. The molecule has 0 amide bonds. The van der Waals surface area contributed by atoms with Crippen LogP contribution in [-0.4, -0.2) is 19.1 Å². The first-order valence-electron chi connectivity index (χ1n) is 22.2. The lowest BCUT2D eigenvalue weighted by Crippen LogP contribution is -2.10. The highest BCUT2D eigenvalue weighted by Crippen LogP contribution is 2.46. The molecule has 4 heterocycles. The van der Waals surface area contributed by atoms with Crippen LogP contribution in [0.3, 0.4) is 0 Å². The average molecular weight is 884 g/mol. The third-order valence-electron chi connectivity index (χ3n) is 12.9. The molecule has 68 heavy (non-hydrogen) atoms. The van der Waals surface area contributed by atoms with E-state index in [1.807, 2.05) is 163 Å². The summed E-state index contributed by atoms with van der Waals surface area (Å²) in [4.78, 5) is 9.58. The highest BCUT2D eigenvalue weighted by Gasteiger charge is 2.35. The maximum atomic E-state index is 15.0. The molecule has 0 N–H and O–H groups in total. The van der Waals surface area contributed by atoms with Gasteiger partial charge < -0.3 is 9.13 Å². The van der Waals surface area contributed by atoms with Crippen molar-refractivity contribution in [3.63, 3.8) is 0 Å². The van der Waals surface area contributed by atoms with E-state index in [-0.39, 0.29) is 16.7 Å². The predicted octanol–water partition coefficient (Wildman–Crippen LogP) is 15.9. The van der Waals surface area contributed by atoms with Gasteiger partial charge in [-0.3, -0.25) is 9.97 Å². The molecule has 0 saturated carbocycles. The topological polar surface area (TPSA) is 59.4 Å². The molecule has 0 aliphatic carbocycles. The van der Waals surface area contributed by atoms with E-state index < -0.39 is 11.7 Å². The quantitative estimate of drug-likeness (QED) is 0.160. The van der Waals surface area contributed by atoms with Gasteiger partial charge in [0, 0.05) is 61.8 Å². The number of para-hydroxylation sites is 2. The van der Waals surface area contributed by atoms with Crippen LogP contribution in [0.4, 0.5) is 13.2 Å². The summed E-state index contributed by atoms with van der Waals surface area (Å²) in [6, 6.07) is 68.0. The molecule has 12 rings (SSSR count). The Hall–Kier alpha value is -9.06. The van der Waals surface area contributed by atoms with Crippen molar-refractivity contribution in [1.82, 2.24) is 19.1 Å². The Morgan fingerprint density at radius 2 is 0.868 bits per heavy atom. The van der Waals surface area contributed by atoms with Crippen LogP contribution in [-0.2, 0) is 6.18 Å². The first kappa shape index (κ1) is 40.4. The summed E-state index contributed by atoms with van der Waals surface area (Å²) in [6.45, 7) is 0.